The number of thiophene rings is 1. The Labute approximate surface area is 210 Å². The number of pyridine rings is 1. The molecule has 1 aliphatic heterocycles. The summed E-state index contributed by atoms with van der Waals surface area (Å²) >= 11 is 1.70. The summed E-state index contributed by atoms with van der Waals surface area (Å²) in [5, 5.41) is 5.22. The van der Waals surface area contributed by atoms with Crippen LogP contribution in [0.4, 0.5) is 0 Å². The van der Waals surface area contributed by atoms with Crippen molar-refractivity contribution in [2.75, 3.05) is 13.1 Å². The molecule has 7 heteroatoms. The lowest BCUT2D eigenvalue weighted by molar-refractivity contribution is -0.134. The monoisotopic (exact) mass is 489 g/mol. The van der Waals surface area contributed by atoms with Crippen LogP contribution < -0.4 is 5.32 Å². The molecule has 2 aromatic heterocycles. The van der Waals surface area contributed by atoms with Crippen molar-refractivity contribution in [3.8, 4) is 0 Å². The molecule has 3 aromatic rings. The third-order valence-corrected chi connectivity index (χ3v) is 8.29. The summed E-state index contributed by atoms with van der Waals surface area (Å²) in [6.07, 6.45) is 4.48. The first kappa shape index (κ1) is 23.7. The quantitative estimate of drug-likeness (QED) is 0.534. The average molecular weight is 490 g/mol. The van der Waals surface area contributed by atoms with Crippen molar-refractivity contribution in [3.63, 3.8) is 0 Å². The van der Waals surface area contributed by atoms with Gasteiger partial charge in [-0.1, -0.05) is 36.4 Å². The van der Waals surface area contributed by atoms with Gasteiger partial charge in [-0.15, -0.1) is 11.3 Å². The van der Waals surface area contributed by atoms with E-state index >= 15 is 0 Å². The van der Waals surface area contributed by atoms with E-state index in [0.717, 1.165) is 30.5 Å². The molecule has 0 saturated carbocycles. The predicted octanol–water partition coefficient (Wildman–Crippen LogP) is 4.41. The van der Waals surface area contributed by atoms with E-state index in [1.165, 1.54) is 10.4 Å². The number of nitrogens with one attached hydrogen (secondary N) is 1. The molecule has 35 heavy (non-hydrogen) atoms. The number of rotatable bonds is 7. The molecule has 0 unspecified atom stereocenters. The van der Waals surface area contributed by atoms with Gasteiger partial charge in [0.1, 0.15) is 0 Å². The highest BCUT2D eigenvalue weighted by molar-refractivity contribution is 7.09. The molecule has 2 atom stereocenters. The normalized spacial score (nSPS) is 20.5. The first-order chi connectivity index (χ1) is 17.1. The molecule has 0 radical (unpaired) electrons. The van der Waals surface area contributed by atoms with Crippen LogP contribution in [-0.2, 0) is 32.8 Å². The van der Waals surface area contributed by atoms with E-state index in [4.69, 9.17) is 4.74 Å². The van der Waals surface area contributed by atoms with Gasteiger partial charge >= 0.3 is 0 Å². The van der Waals surface area contributed by atoms with Gasteiger partial charge in [0.15, 0.2) is 0 Å². The van der Waals surface area contributed by atoms with Gasteiger partial charge in [-0.3, -0.25) is 14.6 Å². The molecule has 1 saturated heterocycles. The van der Waals surface area contributed by atoms with Crippen LogP contribution >= 0.6 is 11.3 Å². The van der Waals surface area contributed by atoms with Crippen molar-refractivity contribution < 1.29 is 14.3 Å². The number of piperidine rings is 1. The van der Waals surface area contributed by atoms with E-state index in [2.05, 4.69) is 39.9 Å². The lowest BCUT2D eigenvalue weighted by Crippen LogP contribution is -2.51. The lowest BCUT2D eigenvalue weighted by Gasteiger charge is -2.44. The summed E-state index contributed by atoms with van der Waals surface area (Å²) in [6.45, 7) is 3.31. The minimum Gasteiger partial charge on any atom is -0.368 e. The van der Waals surface area contributed by atoms with Crippen molar-refractivity contribution in [1.29, 1.82) is 0 Å². The van der Waals surface area contributed by atoms with Gasteiger partial charge in [0.05, 0.1) is 24.4 Å². The molecule has 5 rings (SSSR count). The summed E-state index contributed by atoms with van der Waals surface area (Å²) in [4.78, 5) is 32.8. The van der Waals surface area contributed by atoms with Crippen LogP contribution in [-0.4, -0.2) is 40.9 Å². The molecule has 2 amide bonds. The maximum Gasteiger partial charge on any atom is 0.222 e. The van der Waals surface area contributed by atoms with Crippen LogP contribution in [0.1, 0.15) is 53.9 Å². The highest BCUT2D eigenvalue weighted by Gasteiger charge is 2.54. The van der Waals surface area contributed by atoms with Gasteiger partial charge in [-0.25, -0.2) is 0 Å². The minimum atomic E-state index is -0.261. The van der Waals surface area contributed by atoms with Crippen LogP contribution in [0.15, 0.2) is 66.2 Å². The Morgan fingerprint density at radius 1 is 1.11 bits per heavy atom. The zero-order chi connectivity index (χ0) is 24.3. The Morgan fingerprint density at radius 2 is 1.91 bits per heavy atom. The number of nitrogens with zero attached hydrogens (tertiary/aromatic N) is 2. The van der Waals surface area contributed by atoms with E-state index in [0.29, 0.717) is 26.1 Å². The first-order valence-corrected chi connectivity index (χ1v) is 13.1. The topological polar surface area (TPSA) is 71.5 Å². The molecule has 1 spiro atoms. The van der Waals surface area contributed by atoms with Crippen LogP contribution in [0.25, 0.3) is 0 Å². The number of aromatic nitrogens is 1. The van der Waals surface area contributed by atoms with Gasteiger partial charge in [-0.2, -0.15) is 0 Å². The fourth-order valence-corrected chi connectivity index (χ4v) is 6.40. The van der Waals surface area contributed by atoms with Gasteiger partial charge in [-0.05, 0) is 54.0 Å². The largest absolute Gasteiger partial charge is 0.368 e. The molecule has 1 aromatic carbocycles. The van der Waals surface area contributed by atoms with Crippen molar-refractivity contribution >= 4 is 23.2 Å². The molecule has 1 N–H and O–H groups in total. The molecular weight excluding hydrogens is 458 g/mol. The number of carbonyl (C=O) groups is 2. The number of amides is 2. The molecule has 182 valence electrons. The maximum atomic E-state index is 13.0. The SMILES string of the molecule is CC(=O)N[C@@H]1c2ccccc2C2(CCN(C(=O)CCc3cccs3)CC2)[C@H]1OCc1ccccn1. The first-order valence-electron chi connectivity index (χ1n) is 12.2. The van der Waals surface area contributed by atoms with Gasteiger partial charge in [0.2, 0.25) is 11.8 Å². The number of likely N-dealkylation sites (tertiary alicyclic amines) is 1. The molecular formula is C28H31N3O3S. The van der Waals surface area contributed by atoms with Crippen molar-refractivity contribution in [2.45, 2.75) is 56.8 Å². The molecule has 1 fully saturated rings. The van der Waals surface area contributed by atoms with Crippen LogP contribution in [0.3, 0.4) is 0 Å². The number of fused-ring (bicyclic) bond motifs is 2. The van der Waals surface area contributed by atoms with E-state index in [1.54, 1.807) is 24.5 Å². The zero-order valence-corrected chi connectivity index (χ0v) is 20.8. The third-order valence-electron chi connectivity index (χ3n) is 7.35. The van der Waals surface area contributed by atoms with Gasteiger partial charge < -0.3 is 15.0 Å². The molecule has 0 bridgehead atoms. The lowest BCUT2D eigenvalue weighted by atomic mass is 9.71. The second-order valence-corrected chi connectivity index (χ2v) is 10.5. The Kier molecular flexibility index (Phi) is 6.97. The standard InChI is InChI=1S/C28H31N3O3S/c1-20(32)30-26-23-9-2-3-10-24(23)28(27(26)34-19-21-7-4-5-15-29-21)13-16-31(17-14-28)25(33)12-11-22-8-6-18-35-22/h2-10,15,18,26-27H,11-14,16-17,19H2,1H3,(H,30,32)/t26-,27+/m1/s1. The van der Waals surface area contributed by atoms with E-state index in [9.17, 15) is 9.59 Å². The Balaban J connectivity index is 1.36. The van der Waals surface area contributed by atoms with Gasteiger partial charge in [0, 0.05) is 42.9 Å². The van der Waals surface area contributed by atoms with E-state index in [-0.39, 0.29) is 29.4 Å². The highest BCUT2D eigenvalue weighted by Crippen LogP contribution is 2.52. The zero-order valence-electron chi connectivity index (χ0n) is 20.0. The number of carbonyl (C=O) groups excluding carboxylic acids is 2. The number of ether oxygens (including phenoxy) is 1. The van der Waals surface area contributed by atoms with Crippen LogP contribution in [0.2, 0.25) is 0 Å². The number of benzene rings is 1. The van der Waals surface area contributed by atoms with Crippen LogP contribution in [0, 0.1) is 0 Å². The molecule has 6 nitrogen and oxygen atoms in total. The second kappa shape index (κ2) is 10.3. The molecule has 2 aliphatic rings. The summed E-state index contributed by atoms with van der Waals surface area (Å²) in [7, 11) is 0. The van der Waals surface area contributed by atoms with Crippen molar-refractivity contribution in [1.82, 2.24) is 15.2 Å². The molecule has 3 heterocycles. The number of hydrogen-bond donors (Lipinski definition) is 1. The van der Waals surface area contributed by atoms with Crippen molar-refractivity contribution in [3.05, 3.63) is 87.9 Å². The summed E-state index contributed by atoms with van der Waals surface area (Å²) in [5.41, 5.74) is 2.95. The predicted molar refractivity (Wildman–Crippen MR) is 136 cm³/mol. The maximum absolute atomic E-state index is 13.0. The minimum absolute atomic E-state index is 0.0746. The smallest absolute Gasteiger partial charge is 0.222 e. The summed E-state index contributed by atoms with van der Waals surface area (Å²) in [6, 6.07) is 18.0. The fraction of sp³-hybridized carbons (Fsp3) is 0.393. The van der Waals surface area contributed by atoms with E-state index < -0.39 is 0 Å². The fourth-order valence-electron chi connectivity index (χ4n) is 5.70. The third kappa shape index (κ3) is 4.88. The molecule has 1 aliphatic carbocycles. The summed E-state index contributed by atoms with van der Waals surface area (Å²) < 4.78 is 6.59. The van der Waals surface area contributed by atoms with Crippen molar-refractivity contribution in [2.24, 2.45) is 0 Å². The number of aryl methyl sites for hydroxylation is 1. The Bertz CT molecular complexity index is 1160. The van der Waals surface area contributed by atoms with Crippen LogP contribution in [0.5, 0.6) is 0 Å². The Morgan fingerprint density at radius 3 is 2.63 bits per heavy atom. The van der Waals surface area contributed by atoms with E-state index in [1.807, 2.05) is 35.2 Å². The summed E-state index contributed by atoms with van der Waals surface area (Å²) in [5.74, 6) is 0.137. The second-order valence-electron chi connectivity index (χ2n) is 9.43. The van der Waals surface area contributed by atoms with Gasteiger partial charge in [0.25, 0.3) is 0 Å². The highest BCUT2D eigenvalue weighted by atomic mass is 32.1. The number of hydrogen-bond acceptors (Lipinski definition) is 5. The average Bonchev–Trinajstić information content (AvgIpc) is 3.48. The Hall–Kier alpha value is -3.03.